The Labute approximate surface area is 185 Å². The standard InChI is InChI=1S/C23H26N2O5S/c1-16(26)31-21(13-17-7-3-2-4-8-17)23(29)24-19-12-11-18-9-5-6-10-20(18)25(30,14-19)15-22(27)28/h2-10,19,21H,11-15H2,1H3,(H,24,29)(H,27,28). The van der Waals surface area contributed by atoms with Crippen molar-refractivity contribution in [2.45, 2.75) is 37.5 Å². The maximum absolute atomic E-state index is 13.6. The molecule has 0 bridgehead atoms. The van der Waals surface area contributed by atoms with Crippen LogP contribution in [0.3, 0.4) is 0 Å². The molecule has 3 rings (SSSR count). The first-order valence-electron chi connectivity index (χ1n) is 10.2. The number of quaternary nitrogens is 1. The fraction of sp³-hybridized carbons (Fsp3) is 0.348. The number of aliphatic carboxylic acids is 1. The molecule has 31 heavy (non-hydrogen) atoms. The lowest BCUT2D eigenvalue weighted by molar-refractivity contribution is -0.137. The van der Waals surface area contributed by atoms with Gasteiger partial charge in [0, 0.05) is 12.5 Å². The molecule has 1 amide bonds. The number of nitrogens with zero attached hydrogens (tertiary/aromatic N) is 1. The number of carboxylic acids is 1. The maximum Gasteiger partial charge on any atom is 0.360 e. The van der Waals surface area contributed by atoms with Crippen LogP contribution in [0.5, 0.6) is 0 Å². The van der Waals surface area contributed by atoms with Crippen LogP contribution in [-0.2, 0) is 27.2 Å². The van der Waals surface area contributed by atoms with Crippen LogP contribution in [0.25, 0.3) is 0 Å². The van der Waals surface area contributed by atoms with Crippen LogP contribution in [-0.4, -0.2) is 46.5 Å². The molecule has 0 spiro atoms. The van der Waals surface area contributed by atoms with Crippen LogP contribution >= 0.6 is 11.8 Å². The molecule has 2 aromatic carbocycles. The van der Waals surface area contributed by atoms with Crippen molar-refractivity contribution in [1.82, 2.24) is 9.96 Å². The number of aryl methyl sites for hydroxylation is 1. The van der Waals surface area contributed by atoms with Gasteiger partial charge in [-0.3, -0.25) is 9.59 Å². The summed E-state index contributed by atoms with van der Waals surface area (Å²) in [6.07, 6.45) is 1.47. The van der Waals surface area contributed by atoms with Crippen LogP contribution in [0.15, 0.2) is 54.6 Å². The zero-order valence-corrected chi connectivity index (χ0v) is 18.1. The van der Waals surface area contributed by atoms with Gasteiger partial charge < -0.3 is 20.3 Å². The largest absolute Gasteiger partial charge is 0.627 e. The lowest BCUT2D eigenvalue weighted by atomic mass is 10.1. The van der Waals surface area contributed by atoms with Crippen molar-refractivity contribution in [1.29, 1.82) is 0 Å². The molecule has 164 valence electrons. The summed E-state index contributed by atoms with van der Waals surface area (Å²) in [7, 11) is 0. The highest BCUT2D eigenvalue weighted by Crippen LogP contribution is 2.32. The highest BCUT2D eigenvalue weighted by Gasteiger charge is 2.35. The average molecular weight is 443 g/mol. The van der Waals surface area contributed by atoms with Gasteiger partial charge in [0.25, 0.3) is 0 Å². The molecule has 1 heterocycles. The first kappa shape index (κ1) is 23.0. The number of benzene rings is 2. The van der Waals surface area contributed by atoms with Crippen LogP contribution in [0.4, 0.5) is 5.69 Å². The van der Waals surface area contributed by atoms with Gasteiger partial charge in [0.05, 0.1) is 11.3 Å². The summed E-state index contributed by atoms with van der Waals surface area (Å²) in [5, 5.41) is 25.0. The molecule has 0 fully saturated rings. The Balaban J connectivity index is 1.79. The summed E-state index contributed by atoms with van der Waals surface area (Å²) in [6, 6.07) is 16.0. The zero-order chi connectivity index (χ0) is 22.4. The van der Waals surface area contributed by atoms with Crippen molar-refractivity contribution in [2.75, 3.05) is 13.1 Å². The van der Waals surface area contributed by atoms with Crippen molar-refractivity contribution in [3.63, 3.8) is 0 Å². The average Bonchev–Trinajstić information content (AvgIpc) is 2.84. The molecule has 3 atom stereocenters. The number of nitrogens with one attached hydrogen (secondary N) is 1. The summed E-state index contributed by atoms with van der Waals surface area (Å²) in [5.74, 6) is -1.51. The van der Waals surface area contributed by atoms with Crippen LogP contribution in [0.2, 0.25) is 0 Å². The van der Waals surface area contributed by atoms with Crippen LogP contribution < -0.4 is 9.96 Å². The number of carboxylic acid groups (broad SMARTS) is 1. The van der Waals surface area contributed by atoms with Crippen LogP contribution in [0, 0.1) is 5.21 Å². The van der Waals surface area contributed by atoms with Crippen molar-refractivity contribution >= 4 is 34.4 Å². The normalized spacial score (nSPS) is 21.4. The first-order valence-corrected chi connectivity index (χ1v) is 11.0. The van der Waals surface area contributed by atoms with Gasteiger partial charge in [-0.15, -0.1) is 0 Å². The molecule has 2 N–H and O–H groups in total. The maximum atomic E-state index is 13.6. The van der Waals surface area contributed by atoms with E-state index in [1.54, 1.807) is 12.1 Å². The Morgan fingerprint density at radius 2 is 1.84 bits per heavy atom. The van der Waals surface area contributed by atoms with Gasteiger partial charge in [0.1, 0.15) is 12.2 Å². The minimum atomic E-state index is -1.19. The fourth-order valence-corrected chi connectivity index (χ4v) is 4.84. The molecule has 0 saturated heterocycles. The fourth-order valence-electron chi connectivity index (χ4n) is 3.99. The van der Waals surface area contributed by atoms with Gasteiger partial charge in [-0.05, 0) is 30.9 Å². The van der Waals surface area contributed by atoms with E-state index >= 15 is 0 Å². The van der Waals surface area contributed by atoms with Gasteiger partial charge >= 0.3 is 5.97 Å². The molecule has 0 aliphatic carbocycles. The van der Waals surface area contributed by atoms with E-state index in [4.69, 9.17) is 0 Å². The van der Waals surface area contributed by atoms with Crippen molar-refractivity contribution in [2.24, 2.45) is 0 Å². The molecule has 2 aromatic rings. The highest BCUT2D eigenvalue weighted by molar-refractivity contribution is 8.14. The van der Waals surface area contributed by atoms with E-state index in [0.717, 1.165) is 22.9 Å². The van der Waals surface area contributed by atoms with E-state index in [1.165, 1.54) is 6.92 Å². The molecule has 7 nitrogen and oxygen atoms in total. The van der Waals surface area contributed by atoms with Crippen molar-refractivity contribution in [3.05, 3.63) is 70.9 Å². The van der Waals surface area contributed by atoms with E-state index in [2.05, 4.69) is 5.32 Å². The Kier molecular flexibility index (Phi) is 7.48. The smallest absolute Gasteiger partial charge is 0.360 e. The van der Waals surface area contributed by atoms with E-state index in [-0.39, 0.29) is 17.6 Å². The molecule has 1 aliphatic rings. The third kappa shape index (κ3) is 6.16. The number of carbonyl (C=O) groups is 3. The number of hydroxylamine groups is 2. The molecule has 1 aliphatic heterocycles. The molecular formula is C23H26N2O5S. The van der Waals surface area contributed by atoms with Crippen molar-refractivity contribution < 1.29 is 19.5 Å². The highest BCUT2D eigenvalue weighted by atomic mass is 32.2. The second-order valence-electron chi connectivity index (χ2n) is 7.78. The summed E-state index contributed by atoms with van der Waals surface area (Å²) in [4.78, 5) is 36.2. The number of hydrogen-bond donors (Lipinski definition) is 2. The summed E-state index contributed by atoms with van der Waals surface area (Å²) in [5.41, 5.74) is 2.17. The number of amides is 1. The Hall–Kier alpha value is -2.68. The second-order valence-corrected chi connectivity index (χ2v) is 9.16. The number of thioether (sulfide) groups is 1. The van der Waals surface area contributed by atoms with Gasteiger partial charge in [-0.2, -0.15) is 0 Å². The molecule has 0 saturated carbocycles. The molecule has 0 radical (unpaired) electrons. The predicted molar refractivity (Wildman–Crippen MR) is 121 cm³/mol. The van der Waals surface area contributed by atoms with Crippen LogP contribution in [0.1, 0.15) is 24.5 Å². The minimum Gasteiger partial charge on any atom is -0.627 e. The van der Waals surface area contributed by atoms with Gasteiger partial charge in [-0.1, -0.05) is 60.3 Å². The Bertz CT molecular complexity index is 952. The zero-order valence-electron chi connectivity index (χ0n) is 17.3. The lowest BCUT2D eigenvalue weighted by Gasteiger charge is -2.42. The number of fused-ring (bicyclic) bond motifs is 1. The van der Waals surface area contributed by atoms with Crippen molar-refractivity contribution in [3.8, 4) is 0 Å². The Morgan fingerprint density at radius 1 is 1.16 bits per heavy atom. The number of carbonyl (C=O) groups excluding carboxylic acids is 2. The number of rotatable bonds is 7. The quantitative estimate of drug-likeness (QED) is 0.504. The SMILES string of the molecule is CC(=O)SC(Cc1ccccc1)C(=O)NC1CCc2ccccc2[N+]([O-])(CC(=O)O)C1. The summed E-state index contributed by atoms with van der Waals surface area (Å²) >= 11 is 0.966. The topological polar surface area (TPSA) is 107 Å². The second kappa shape index (κ2) is 10.1. The van der Waals surface area contributed by atoms with Gasteiger partial charge in [0.15, 0.2) is 11.7 Å². The molecule has 0 aromatic heterocycles. The first-order chi connectivity index (χ1) is 14.8. The number of para-hydroxylation sites is 1. The monoisotopic (exact) mass is 442 g/mol. The summed E-state index contributed by atoms with van der Waals surface area (Å²) < 4.78 is -1.03. The summed E-state index contributed by atoms with van der Waals surface area (Å²) in [6.45, 7) is 0.738. The third-order valence-electron chi connectivity index (χ3n) is 5.31. The molecule has 3 unspecified atom stereocenters. The van der Waals surface area contributed by atoms with E-state index in [1.807, 2.05) is 42.5 Å². The molecule has 8 heteroatoms. The van der Waals surface area contributed by atoms with E-state index < -0.39 is 28.5 Å². The third-order valence-corrected chi connectivity index (χ3v) is 6.31. The van der Waals surface area contributed by atoms with Gasteiger partial charge in [0.2, 0.25) is 5.91 Å². The number of hydrogen-bond acceptors (Lipinski definition) is 5. The predicted octanol–water partition coefficient (Wildman–Crippen LogP) is 2.90. The Morgan fingerprint density at radius 3 is 2.52 bits per heavy atom. The van der Waals surface area contributed by atoms with E-state index in [9.17, 15) is 24.7 Å². The van der Waals surface area contributed by atoms with E-state index in [0.29, 0.717) is 24.9 Å². The van der Waals surface area contributed by atoms with Gasteiger partial charge in [-0.25, -0.2) is 4.79 Å². The lowest BCUT2D eigenvalue weighted by Crippen LogP contribution is -2.55. The molecular weight excluding hydrogens is 416 g/mol. The minimum absolute atomic E-state index is 0.0716.